The maximum atomic E-state index is 12.5. The molecule has 1 N–H and O–H groups in total. The van der Waals surface area contributed by atoms with Crippen LogP contribution in [0.15, 0.2) is 60.7 Å². The second-order valence-electron chi connectivity index (χ2n) is 6.98. The fourth-order valence-electron chi connectivity index (χ4n) is 3.19. The van der Waals surface area contributed by atoms with Gasteiger partial charge in [0.1, 0.15) is 16.4 Å². The molecule has 0 radical (unpaired) electrons. The van der Waals surface area contributed by atoms with Gasteiger partial charge in [-0.15, -0.1) is 11.3 Å². The van der Waals surface area contributed by atoms with Crippen molar-refractivity contribution in [1.82, 2.24) is 4.98 Å². The molecule has 7 nitrogen and oxygen atoms in total. The third-order valence-electron chi connectivity index (χ3n) is 4.95. The number of thiazole rings is 1. The van der Waals surface area contributed by atoms with Gasteiger partial charge in [0, 0.05) is 6.07 Å². The Bertz CT molecular complexity index is 1270. The second kappa shape index (κ2) is 8.53. The summed E-state index contributed by atoms with van der Waals surface area (Å²) in [7, 11) is 0. The number of nitrogens with one attached hydrogen (secondary N) is 1. The van der Waals surface area contributed by atoms with Crippen LogP contribution in [0.3, 0.4) is 0 Å². The first-order valence-corrected chi connectivity index (χ1v) is 10.4. The summed E-state index contributed by atoms with van der Waals surface area (Å²) >= 11 is 1.54. The van der Waals surface area contributed by atoms with Crippen molar-refractivity contribution in [2.75, 3.05) is 11.9 Å². The van der Waals surface area contributed by atoms with Gasteiger partial charge in [-0.2, -0.15) is 0 Å². The van der Waals surface area contributed by atoms with Crippen molar-refractivity contribution in [1.29, 1.82) is 0 Å². The van der Waals surface area contributed by atoms with E-state index in [1.165, 1.54) is 6.07 Å². The number of nitro benzene ring substituents is 1. The predicted molar refractivity (Wildman–Crippen MR) is 122 cm³/mol. The Morgan fingerprint density at radius 1 is 1.10 bits per heavy atom. The Morgan fingerprint density at radius 2 is 1.84 bits per heavy atom. The zero-order chi connectivity index (χ0) is 22.0. The van der Waals surface area contributed by atoms with Crippen molar-refractivity contribution < 1.29 is 14.5 Å². The zero-order valence-corrected chi connectivity index (χ0v) is 17.7. The molecule has 0 bridgehead atoms. The van der Waals surface area contributed by atoms with Crippen molar-refractivity contribution in [3.05, 3.63) is 81.9 Å². The van der Waals surface area contributed by atoms with Gasteiger partial charge in [-0.25, -0.2) is 4.98 Å². The van der Waals surface area contributed by atoms with E-state index in [9.17, 15) is 14.9 Å². The smallest absolute Gasteiger partial charge is 0.293 e. The van der Waals surface area contributed by atoms with Gasteiger partial charge in [-0.1, -0.05) is 30.3 Å². The van der Waals surface area contributed by atoms with E-state index in [4.69, 9.17) is 4.74 Å². The number of ether oxygens (including phenoxy) is 1. The molecular weight excluding hydrogens is 414 g/mol. The number of nitro groups is 1. The monoisotopic (exact) mass is 433 g/mol. The number of fused-ring (bicyclic) bond motifs is 1. The number of rotatable bonds is 6. The molecule has 1 heterocycles. The summed E-state index contributed by atoms with van der Waals surface area (Å²) in [6.07, 6.45) is 0. The van der Waals surface area contributed by atoms with E-state index in [0.29, 0.717) is 11.3 Å². The molecule has 0 aliphatic carbocycles. The van der Waals surface area contributed by atoms with Crippen molar-refractivity contribution >= 4 is 38.8 Å². The van der Waals surface area contributed by atoms with E-state index in [0.717, 1.165) is 26.4 Å². The lowest BCUT2D eigenvalue weighted by Gasteiger charge is -2.13. The lowest BCUT2D eigenvalue weighted by molar-refractivity contribution is -0.384. The topological polar surface area (TPSA) is 94.4 Å². The molecule has 1 aromatic heterocycles. The highest BCUT2D eigenvalue weighted by Gasteiger charge is 2.20. The number of carbonyl (C=O) groups excluding carboxylic acids is 1. The van der Waals surface area contributed by atoms with Crippen molar-refractivity contribution in [2.45, 2.75) is 13.8 Å². The Hall–Kier alpha value is -3.78. The van der Waals surface area contributed by atoms with Crippen LogP contribution in [0.4, 0.5) is 11.4 Å². The van der Waals surface area contributed by atoms with E-state index >= 15 is 0 Å². The van der Waals surface area contributed by atoms with Crippen LogP contribution in [0.25, 0.3) is 20.8 Å². The molecule has 0 atom stereocenters. The molecule has 0 saturated heterocycles. The van der Waals surface area contributed by atoms with Gasteiger partial charge < -0.3 is 10.1 Å². The molecule has 31 heavy (non-hydrogen) atoms. The number of carbonyl (C=O) groups is 1. The molecule has 156 valence electrons. The normalized spacial score (nSPS) is 10.8. The fourth-order valence-corrected chi connectivity index (χ4v) is 4.18. The highest BCUT2D eigenvalue weighted by atomic mass is 32.1. The van der Waals surface area contributed by atoms with E-state index in [1.54, 1.807) is 30.4 Å². The minimum Gasteiger partial charge on any atom is -0.483 e. The number of hydrogen-bond acceptors (Lipinski definition) is 6. The minimum atomic E-state index is -0.509. The van der Waals surface area contributed by atoms with Gasteiger partial charge in [0.05, 0.1) is 20.7 Å². The molecule has 4 rings (SSSR count). The number of hydrogen-bond donors (Lipinski definition) is 1. The standard InChI is InChI=1S/C23H19N3O4S/c1-14-11-12-18(26(28)29)22(15(14)2)25-21(27)13-30-19-9-5-3-7-16(19)23-24-17-8-4-6-10-20(17)31-23/h3-12H,13H2,1-2H3,(H,25,27). The van der Waals surface area contributed by atoms with Crippen LogP contribution in [0.1, 0.15) is 11.1 Å². The fraction of sp³-hybridized carbons (Fsp3) is 0.130. The number of benzene rings is 3. The Labute approximate surface area is 182 Å². The van der Waals surface area contributed by atoms with E-state index in [2.05, 4.69) is 10.3 Å². The lowest BCUT2D eigenvalue weighted by atomic mass is 10.1. The number of aromatic nitrogens is 1. The number of aryl methyl sites for hydroxylation is 1. The average molecular weight is 433 g/mol. The first-order chi connectivity index (χ1) is 14.9. The van der Waals surface area contributed by atoms with Gasteiger partial charge in [0.15, 0.2) is 6.61 Å². The molecule has 1 amide bonds. The highest BCUT2D eigenvalue weighted by molar-refractivity contribution is 7.21. The number of nitrogens with zero attached hydrogens (tertiary/aromatic N) is 2. The molecule has 0 fully saturated rings. The zero-order valence-electron chi connectivity index (χ0n) is 16.9. The van der Waals surface area contributed by atoms with Crippen LogP contribution in [-0.2, 0) is 4.79 Å². The third-order valence-corrected chi connectivity index (χ3v) is 6.01. The molecule has 0 aliphatic heterocycles. The molecule has 8 heteroatoms. The lowest BCUT2D eigenvalue weighted by Crippen LogP contribution is -2.21. The Kier molecular flexibility index (Phi) is 5.64. The van der Waals surface area contributed by atoms with Gasteiger partial charge in [0.25, 0.3) is 11.6 Å². The molecule has 0 spiro atoms. The summed E-state index contributed by atoms with van der Waals surface area (Å²) in [5.41, 5.74) is 3.23. The summed E-state index contributed by atoms with van der Waals surface area (Å²) in [6, 6.07) is 18.3. The first kappa shape index (κ1) is 20.5. The summed E-state index contributed by atoms with van der Waals surface area (Å²) in [5, 5.41) is 14.8. The van der Waals surface area contributed by atoms with Crippen LogP contribution < -0.4 is 10.1 Å². The molecular formula is C23H19N3O4S. The number of anilines is 1. The quantitative estimate of drug-likeness (QED) is 0.320. The van der Waals surface area contributed by atoms with Crippen LogP contribution in [0.2, 0.25) is 0 Å². The van der Waals surface area contributed by atoms with Gasteiger partial charge in [-0.3, -0.25) is 14.9 Å². The van der Waals surface area contributed by atoms with Crippen LogP contribution in [0, 0.1) is 24.0 Å². The van der Waals surface area contributed by atoms with E-state index in [1.807, 2.05) is 49.4 Å². The average Bonchev–Trinajstić information content (AvgIpc) is 3.19. The first-order valence-electron chi connectivity index (χ1n) is 9.56. The maximum absolute atomic E-state index is 12.5. The van der Waals surface area contributed by atoms with Crippen LogP contribution >= 0.6 is 11.3 Å². The van der Waals surface area contributed by atoms with Crippen molar-refractivity contribution in [3.63, 3.8) is 0 Å². The Balaban J connectivity index is 1.54. The van der Waals surface area contributed by atoms with Crippen molar-refractivity contribution in [3.8, 4) is 16.3 Å². The molecule has 4 aromatic rings. The van der Waals surface area contributed by atoms with Crippen LogP contribution in [-0.4, -0.2) is 22.4 Å². The highest BCUT2D eigenvalue weighted by Crippen LogP contribution is 2.35. The van der Waals surface area contributed by atoms with Gasteiger partial charge in [0.2, 0.25) is 0 Å². The SMILES string of the molecule is Cc1ccc([N+](=O)[O-])c(NC(=O)COc2ccccc2-c2nc3ccccc3s2)c1C. The Morgan fingerprint density at radius 3 is 2.61 bits per heavy atom. The van der Waals surface area contributed by atoms with Gasteiger partial charge in [-0.05, 0) is 49.2 Å². The number of para-hydroxylation sites is 2. The third kappa shape index (κ3) is 4.24. The van der Waals surface area contributed by atoms with E-state index in [-0.39, 0.29) is 18.0 Å². The van der Waals surface area contributed by atoms with E-state index < -0.39 is 10.8 Å². The van der Waals surface area contributed by atoms with Gasteiger partial charge >= 0.3 is 0 Å². The predicted octanol–water partition coefficient (Wildman–Crippen LogP) is 5.51. The summed E-state index contributed by atoms with van der Waals surface area (Å²) in [4.78, 5) is 28.0. The molecule has 0 aliphatic rings. The number of amides is 1. The molecule has 0 unspecified atom stereocenters. The molecule has 3 aromatic carbocycles. The second-order valence-corrected chi connectivity index (χ2v) is 8.01. The van der Waals surface area contributed by atoms with Crippen LogP contribution in [0.5, 0.6) is 5.75 Å². The summed E-state index contributed by atoms with van der Waals surface area (Å²) in [6.45, 7) is 3.28. The molecule has 0 saturated carbocycles. The summed E-state index contributed by atoms with van der Waals surface area (Å²) < 4.78 is 6.84. The maximum Gasteiger partial charge on any atom is 0.293 e. The largest absolute Gasteiger partial charge is 0.483 e. The minimum absolute atomic E-state index is 0.147. The summed E-state index contributed by atoms with van der Waals surface area (Å²) in [5.74, 6) is 0.0445. The van der Waals surface area contributed by atoms with Crippen molar-refractivity contribution in [2.24, 2.45) is 0 Å².